The molecule has 4 nitrogen and oxygen atoms in total. The maximum Gasteiger partial charge on any atom is 0.411 e. The molecule has 1 saturated heterocycles. The molecule has 120 valence electrons. The van der Waals surface area contributed by atoms with Gasteiger partial charge in [-0.15, -0.1) is 0 Å². The van der Waals surface area contributed by atoms with Gasteiger partial charge < -0.3 is 10.2 Å². The Kier molecular flexibility index (Phi) is 3.97. The van der Waals surface area contributed by atoms with Crippen LogP contribution in [0.3, 0.4) is 0 Å². The summed E-state index contributed by atoms with van der Waals surface area (Å²) >= 11 is 0. The number of piperazine rings is 1. The normalized spacial score (nSPS) is 28.8. The lowest BCUT2D eigenvalue weighted by molar-refractivity contribution is -0.212. The van der Waals surface area contributed by atoms with E-state index in [9.17, 15) is 22.8 Å². The molecule has 2 atom stereocenters. The number of nitrogens with zero attached hydrogens (tertiary/aromatic N) is 1. The highest BCUT2D eigenvalue weighted by Crippen LogP contribution is 2.55. The molecule has 7 heteroatoms. The molecule has 1 saturated carbocycles. The topological polar surface area (TPSA) is 49.4 Å². The van der Waals surface area contributed by atoms with Crippen molar-refractivity contribution in [3.63, 3.8) is 0 Å². The van der Waals surface area contributed by atoms with Gasteiger partial charge in [0.15, 0.2) is 0 Å². The maximum atomic E-state index is 13.4. The number of hydrogen-bond acceptors (Lipinski definition) is 2. The van der Waals surface area contributed by atoms with Gasteiger partial charge >= 0.3 is 6.18 Å². The molecule has 2 amide bonds. The number of carbonyl (C=O) groups excluding carboxylic acids is 2. The first-order valence-electron chi connectivity index (χ1n) is 7.36. The summed E-state index contributed by atoms with van der Waals surface area (Å²) in [6, 6.07) is -1.88. The summed E-state index contributed by atoms with van der Waals surface area (Å²) < 4.78 is 40.2. The van der Waals surface area contributed by atoms with Crippen LogP contribution in [0.4, 0.5) is 13.2 Å². The minimum Gasteiger partial charge on any atom is -0.342 e. The van der Waals surface area contributed by atoms with Gasteiger partial charge in [0.25, 0.3) is 0 Å². The van der Waals surface area contributed by atoms with Crippen LogP contribution in [0.15, 0.2) is 0 Å². The van der Waals surface area contributed by atoms with E-state index in [1.165, 1.54) is 0 Å². The molecule has 1 aliphatic heterocycles. The molecule has 0 spiro atoms. The molecule has 21 heavy (non-hydrogen) atoms. The first-order chi connectivity index (χ1) is 9.65. The molecule has 2 fully saturated rings. The number of nitrogens with one attached hydrogen (secondary N) is 1. The van der Waals surface area contributed by atoms with E-state index in [-0.39, 0.29) is 18.8 Å². The number of rotatable bonds is 4. The van der Waals surface area contributed by atoms with Crippen molar-refractivity contribution in [1.29, 1.82) is 0 Å². The lowest BCUT2D eigenvalue weighted by Crippen LogP contribution is -2.70. The molecule has 1 aliphatic carbocycles. The van der Waals surface area contributed by atoms with Crippen LogP contribution in [-0.4, -0.2) is 40.5 Å². The Hall–Kier alpha value is -1.27. The Morgan fingerprint density at radius 1 is 1.33 bits per heavy atom. The summed E-state index contributed by atoms with van der Waals surface area (Å²) in [6.45, 7) is 5.16. The molecule has 0 aromatic carbocycles. The summed E-state index contributed by atoms with van der Waals surface area (Å²) in [5.41, 5.74) is -2.14. The van der Waals surface area contributed by atoms with Gasteiger partial charge in [-0.3, -0.25) is 9.59 Å². The first kappa shape index (κ1) is 16.1. The molecule has 2 rings (SSSR count). The number of hydrogen-bond donors (Lipinski definition) is 1. The summed E-state index contributed by atoms with van der Waals surface area (Å²) in [6.07, 6.45) is -3.74. The van der Waals surface area contributed by atoms with Crippen molar-refractivity contribution in [1.82, 2.24) is 10.2 Å². The average molecular weight is 306 g/mol. The third-order valence-electron chi connectivity index (χ3n) is 4.32. The zero-order valence-electron chi connectivity index (χ0n) is 12.5. The number of amides is 2. The second-order valence-electron chi connectivity index (χ2n) is 6.28. The van der Waals surface area contributed by atoms with E-state index in [1.54, 1.807) is 13.8 Å². The van der Waals surface area contributed by atoms with Crippen LogP contribution >= 0.6 is 0 Å². The van der Waals surface area contributed by atoms with E-state index in [1.807, 2.05) is 6.92 Å². The summed E-state index contributed by atoms with van der Waals surface area (Å²) in [7, 11) is 0. The minimum atomic E-state index is -4.50. The lowest BCUT2D eigenvalue weighted by Gasteiger charge is -2.45. The summed E-state index contributed by atoms with van der Waals surface area (Å²) in [5.74, 6) is -1.43. The minimum absolute atomic E-state index is 0.114. The fraction of sp³-hybridized carbons (Fsp3) is 0.857. The third-order valence-corrected chi connectivity index (χ3v) is 4.32. The highest BCUT2D eigenvalue weighted by molar-refractivity contribution is 5.98. The Morgan fingerprint density at radius 2 is 1.90 bits per heavy atom. The largest absolute Gasteiger partial charge is 0.411 e. The lowest BCUT2D eigenvalue weighted by atomic mass is 9.92. The van der Waals surface area contributed by atoms with E-state index in [4.69, 9.17) is 0 Å². The highest BCUT2D eigenvalue weighted by Gasteiger charge is 2.71. The smallest absolute Gasteiger partial charge is 0.342 e. The molecule has 0 aromatic rings. The quantitative estimate of drug-likeness (QED) is 0.866. The van der Waals surface area contributed by atoms with Crippen LogP contribution in [0.2, 0.25) is 0 Å². The zero-order valence-corrected chi connectivity index (χ0v) is 12.5. The fourth-order valence-electron chi connectivity index (χ4n) is 3.08. The Labute approximate surface area is 122 Å². The predicted octanol–water partition coefficient (Wildman–Crippen LogP) is 2.23. The molecule has 0 bridgehead atoms. The van der Waals surface area contributed by atoms with Gasteiger partial charge in [-0.25, -0.2) is 0 Å². The second kappa shape index (κ2) is 5.18. The van der Waals surface area contributed by atoms with Crippen LogP contribution in [0.1, 0.15) is 46.5 Å². The molecule has 2 unspecified atom stereocenters. The van der Waals surface area contributed by atoms with Gasteiger partial charge in [0.05, 0.1) is 0 Å². The molecule has 1 heterocycles. The van der Waals surface area contributed by atoms with E-state index in [2.05, 4.69) is 5.32 Å². The molecular weight excluding hydrogens is 285 g/mol. The van der Waals surface area contributed by atoms with Crippen LogP contribution in [0.25, 0.3) is 0 Å². The molecule has 0 aromatic heterocycles. The van der Waals surface area contributed by atoms with Gasteiger partial charge in [-0.05, 0) is 25.2 Å². The summed E-state index contributed by atoms with van der Waals surface area (Å²) in [5, 5.41) is 2.58. The van der Waals surface area contributed by atoms with Crippen LogP contribution in [-0.2, 0) is 9.59 Å². The monoisotopic (exact) mass is 306 g/mol. The standard InChI is InChI=1S/C14H21F3N2O2/c1-4-5-9-12(21)19(10(8(2)3)11(20)18-9)13(6-7-13)14(15,16)17/h8-10H,4-7H2,1-3H3,(H,18,20). The van der Waals surface area contributed by atoms with Crippen molar-refractivity contribution in [2.75, 3.05) is 0 Å². The SMILES string of the molecule is CCCC1NC(=O)C(C(C)C)N(C2(C(F)(F)F)CC2)C1=O. The Morgan fingerprint density at radius 3 is 2.29 bits per heavy atom. The third kappa shape index (κ3) is 2.51. The maximum absolute atomic E-state index is 13.4. The molecule has 2 aliphatic rings. The van der Waals surface area contributed by atoms with E-state index in [0.717, 1.165) is 4.90 Å². The van der Waals surface area contributed by atoms with Gasteiger partial charge in [-0.1, -0.05) is 27.2 Å². The average Bonchev–Trinajstić information content (AvgIpc) is 3.13. The van der Waals surface area contributed by atoms with Crippen LogP contribution < -0.4 is 5.32 Å². The van der Waals surface area contributed by atoms with Crippen molar-refractivity contribution in [3.8, 4) is 0 Å². The predicted molar refractivity (Wildman–Crippen MR) is 70.3 cm³/mol. The number of alkyl halides is 3. The van der Waals surface area contributed by atoms with E-state index in [0.29, 0.717) is 12.8 Å². The van der Waals surface area contributed by atoms with Gasteiger partial charge in [0.1, 0.15) is 17.6 Å². The highest BCUT2D eigenvalue weighted by atomic mass is 19.4. The number of halogens is 3. The van der Waals surface area contributed by atoms with Gasteiger partial charge in [0.2, 0.25) is 11.8 Å². The Bertz CT molecular complexity index is 444. The number of carbonyl (C=O) groups is 2. The zero-order chi connectivity index (χ0) is 16.0. The first-order valence-corrected chi connectivity index (χ1v) is 7.36. The summed E-state index contributed by atoms with van der Waals surface area (Å²) in [4.78, 5) is 25.6. The molecule has 1 N–H and O–H groups in total. The fourth-order valence-corrected chi connectivity index (χ4v) is 3.08. The Balaban J connectivity index is 2.40. The van der Waals surface area contributed by atoms with Crippen molar-refractivity contribution >= 4 is 11.8 Å². The van der Waals surface area contributed by atoms with Crippen molar-refractivity contribution in [2.45, 2.75) is 70.3 Å². The van der Waals surface area contributed by atoms with Crippen molar-refractivity contribution in [3.05, 3.63) is 0 Å². The van der Waals surface area contributed by atoms with Crippen molar-refractivity contribution < 1.29 is 22.8 Å². The van der Waals surface area contributed by atoms with Crippen molar-refractivity contribution in [2.24, 2.45) is 5.92 Å². The van der Waals surface area contributed by atoms with Crippen LogP contribution in [0, 0.1) is 5.92 Å². The van der Waals surface area contributed by atoms with E-state index < -0.39 is 35.6 Å². The van der Waals surface area contributed by atoms with E-state index >= 15 is 0 Å². The molecule has 0 radical (unpaired) electrons. The van der Waals surface area contributed by atoms with Crippen LogP contribution in [0.5, 0.6) is 0 Å². The second-order valence-corrected chi connectivity index (χ2v) is 6.28. The molecular formula is C14H21F3N2O2. The van der Waals surface area contributed by atoms with Gasteiger partial charge in [0, 0.05) is 0 Å². The van der Waals surface area contributed by atoms with Gasteiger partial charge in [-0.2, -0.15) is 13.2 Å².